The van der Waals surface area contributed by atoms with Crippen LogP contribution < -0.4 is 5.32 Å². The van der Waals surface area contributed by atoms with Gasteiger partial charge in [-0.1, -0.05) is 29.4 Å². The number of benzene rings is 1. The van der Waals surface area contributed by atoms with Crippen molar-refractivity contribution in [1.82, 2.24) is 20.4 Å². The summed E-state index contributed by atoms with van der Waals surface area (Å²) in [6.45, 7) is 3.42. The number of aromatic nitrogens is 2. The third kappa shape index (κ3) is 3.74. The van der Waals surface area contributed by atoms with Crippen LogP contribution in [0.5, 0.6) is 0 Å². The molecule has 0 unspecified atom stereocenters. The van der Waals surface area contributed by atoms with Gasteiger partial charge in [-0.05, 0) is 31.9 Å². The first-order valence-corrected chi connectivity index (χ1v) is 9.44. The lowest BCUT2D eigenvalue weighted by Crippen LogP contribution is -2.42. The minimum absolute atomic E-state index is 0.0685. The molecule has 0 fully saturated rings. The van der Waals surface area contributed by atoms with E-state index >= 15 is 0 Å². The van der Waals surface area contributed by atoms with Crippen molar-refractivity contribution >= 4 is 16.8 Å². The standard InChI is InChI=1S/C21H24N4O2/c1-2-25(21(26)20-10-16-6-3-4-9-19(16)24-20)18-8-5-7-17(11-18)22-12-15-13-23-27-14-15/h3-4,6-7,9-10,13-14,18,22,24H,2,5,8,11-12H2,1H3/t18-/m0/s1. The Labute approximate surface area is 158 Å². The van der Waals surface area contributed by atoms with E-state index in [1.807, 2.05) is 42.2 Å². The number of allylic oxidation sites excluding steroid dienone is 1. The quantitative estimate of drug-likeness (QED) is 0.697. The molecule has 1 aliphatic carbocycles. The van der Waals surface area contributed by atoms with Crippen LogP contribution in [0.3, 0.4) is 0 Å². The Morgan fingerprint density at radius 1 is 1.41 bits per heavy atom. The van der Waals surface area contributed by atoms with Crippen molar-refractivity contribution in [2.24, 2.45) is 0 Å². The minimum Gasteiger partial charge on any atom is -0.384 e. The lowest BCUT2D eigenvalue weighted by molar-refractivity contribution is 0.0669. The fraction of sp³-hybridized carbons (Fsp3) is 0.333. The van der Waals surface area contributed by atoms with E-state index in [0.717, 1.165) is 35.7 Å². The normalized spacial score (nSPS) is 16.9. The molecule has 0 saturated heterocycles. The molecule has 2 heterocycles. The lowest BCUT2D eigenvalue weighted by Gasteiger charge is -2.33. The number of para-hydroxylation sites is 1. The molecule has 1 atom stereocenters. The summed E-state index contributed by atoms with van der Waals surface area (Å²) in [6.07, 6.45) is 8.37. The molecule has 1 amide bonds. The van der Waals surface area contributed by atoms with Crippen molar-refractivity contribution in [3.8, 4) is 0 Å². The summed E-state index contributed by atoms with van der Waals surface area (Å²) in [6, 6.07) is 10.1. The van der Waals surface area contributed by atoms with Crippen molar-refractivity contribution in [2.75, 3.05) is 6.54 Å². The summed E-state index contributed by atoms with van der Waals surface area (Å²) in [4.78, 5) is 18.4. The first kappa shape index (κ1) is 17.4. The second-order valence-corrected chi connectivity index (χ2v) is 6.91. The first-order chi connectivity index (χ1) is 13.2. The number of fused-ring (bicyclic) bond motifs is 1. The molecule has 0 saturated carbocycles. The molecule has 0 radical (unpaired) electrons. The number of hydrogen-bond donors (Lipinski definition) is 2. The minimum atomic E-state index is 0.0685. The average Bonchev–Trinajstić information content (AvgIpc) is 3.37. The number of aromatic amines is 1. The fourth-order valence-corrected chi connectivity index (χ4v) is 3.74. The maximum Gasteiger partial charge on any atom is 0.270 e. The molecule has 1 aliphatic rings. The van der Waals surface area contributed by atoms with Crippen LogP contribution in [0.25, 0.3) is 10.9 Å². The van der Waals surface area contributed by atoms with E-state index in [-0.39, 0.29) is 11.9 Å². The van der Waals surface area contributed by atoms with Gasteiger partial charge in [0.2, 0.25) is 0 Å². The summed E-state index contributed by atoms with van der Waals surface area (Å²) in [5.41, 5.74) is 3.85. The molecule has 2 N–H and O–H groups in total. The Morgan fingerprint density at radius 3 is 3.07 bits per heavy atom. The number of carbonyl (C=O) groups is 1. The van der Waals surface area contributed by atoms with Crippen molar-refractivity contribution in [1.29, 1.82) is 0 Å². The van der Waals surface area contributed by atoms with Crippen LogP contribution >= 0.6 is 0 Å². The molecular formula is C21H24N4O2. The Hall–Kier alpha value is -3.02. The highest BCUT2D eigenvalue weighted by Crippen LogP contribution is 2.24. The van der Waals surface area contributed by atoms with Crippen molar-refractivity contribution < 1.29 is 9.32 Å². The fourth-order valence-electron chi connectivity index (χ4n) is 3.74. The van der Waals surface area contributed by atoms with Gasteiger partial charge in [0.25, 0.3) is 5.91 Å². The van der Waals surface area contributed by atoms with Gasteiger partial charge in [0.15, 0.2) is 0 Å². The summed E-state index contributed by atoms with van der Waals surface area (Å²) in [5.74, 6) is 0.0685. The predicted molar refractivity (Wildman–Crippen MR) is 104 cm³/mol. The SMILES string of the molecule is CCN(C(=O)c1cc2ccccc2[nH]1)[C@H]1CCC=C(NCc2cnoc2)C1. The van der Waals surface area contributed by atoms with E-state index in [4.69, 9.17) is 4.52 Å². The zero-order valence-corrected chi connectivity index (χ0v) is 15.4. The van der Waals surface area contributed by atoms with Gasteiger partial charge < -0.3 is 19.7 Å². The van der Waals surface area contributed by atoms with Crippen LogP contribution in [0.4, 0.5) is 0 Å². The zero-order chi connectivity index (χ0) is 18.6. The van der Waals surface area contributed by atoms with Gasteiger partial charge in [0.1, 0.15) is 12.0 Å². The van der Waals surface area contributed by atoms with E-state index in [1.54, 1.807) is 12.5 Å². The van der Waals surface area contributed by atoms with Gasteiger partial charge >= 0.3 is 0 Å². The highest BCUT2D eigenvalue weighted by molar-refractivity contribution is 5.98. The first-order valence-electron chi connectivity index (χ1n) is 9.44. The number of rotatable bonds is 6. The van der Waals surface area contributed by atoms with Crippen LogP contribution in [0.2, 0.25) is 0 Å². The van der Waals surface area contributed by atoms with E-state index < -0.39 is 0 Å². The number of H-pyrrole nitrogens is 1. The summed E-state index contributed by atoms with van der Waals surface area (Å²) < 4.78 is 4.87. The molecule has 140 valence electrons. The third-order valence-corrected chi connectivity index (χ3v) is 5.15. The topological polar surface area (TPSA) is 74.2 Å². The van der Waals surface area contributed by atoms with Gasteiger partial charge in [-0.2, -0.15) is 0 Å². The van der Waals surface area contributed by atoms with Crippen LogP contribution in [-0.4, -0.2) is 33.5 Å². The Bertz CT molecular complexity index is 909. The number of nitrogens with one attached hydrogen (secondary N) is 2. The molecule has 4 rings (SSSR count). The van der Waals surface area contributed by atoms with Gasteiger partial charge in [0, 0.05) is 47.7 Å². The molecule has 0 bridgehead atoms. The summed E-state index contributed by atoms with van der Waals surface area (Å²) >= 11 is 0. The largest absolute Gasteiger partial charge is 0.384 e. The Balaban J connectivity index is 1.45. The molecule has 27 heavy (non-hydrogen) atoms. The van der Waals surface area contributed by atoms with E-state index in [2.05, 4.69) is 21.5 Å². The van der Waals surface area contributed by atoms with Crippen LogP contribution in [0, 0.1) is 0 Å². The number of nitrogens with zero attached hydrogens (tertiary/aromatic N) is 2. The van der Waals surface area contributed by atoms with Gasteiger partial charge in [0.05, 0.1) is 6.20 Å². The monoisotopic (exact) mass is 364 g/mol. The molecule has 6 nitrogen and oxygen atoms in total. The van der Waals surface area contributed by atoms with Gasteiger partial charge in [-0.15, -0.1) is 0 Å². The predicted octanol–water partition coefficient (Wildman–Crippen LogP) is 3.84. The Morgan fingerprint density at radius 2 is 2.30 bits per heavy atom. The Kier molecular flexibility index (Phi) is 4.96. The molecule has 2 aromatic heterocycles. The average molecular weight is 364 g/mol. The van der Waals surface area contributed by atoms with Crippen molar-refractivity contribution in [2.45, 2.75) is 38.8 Å². The van der Waals surface area contributed by atoms with E-state index in [9.17, 15) is 4.79 Å². The molecule has 0 spiro atoms. The molecule has 0 aliphatic heterocycles. The van der Waals surface area contributed by atoms with Crippen molar-refractivity contribution in [3.63, 3.8) is 0 Å². The molecule has 6 heteroatoms. The highest BCUT2D eigenvalue weighted by Gasteiger charge is 2.27. The van der Waals surface area contributed by atoms with E-state index in [1.165, 1.54) is 5.70 Å². The second-order valence-electron chi connectivity index (χ2n) is 6.91. The summed E-state index contributed by atoms with van der Waals surface area (Å²) in [5, 5.41) is 8.24. The summed E-state index contributed by atoms with van der Waals surface area (Å²) in [7, 11) is 0. The maximum absolute atomic E-state index is 13.1. The highest BCUT2D eigenvalue weighted by atomic mass is 16.5. The molecule has 3 aromatic rings. The van der Waals surface area contributed by atoms with Crippen LogP contribution in [0.15, 0.2) is 59.1 Å². The molecular weight excluding hydrogens is 340 g/mol. The third-order valence-electron chi connectivity index (χ3n) is 5.15. The smallest absolute Gasteiger partial charge is 0.270 e. The van der Waals surface area contributed by atoms with Crippen LogP contribution in [-0.2, 0) is 6.54 Å². The number of carbonyl (C=O) groups excluding carboxylic acids is 1. The van der Waals surface area contributed by atoms with Crippen molar-refractivity contribution in [3.05, 3.63) is 65.8 Å². The molecule has 1 aromatic carbocycles. The number of amides is 1. The zero-order valence-electron chi connectivity index (χ0n) is 15.4. The van der Waals surface area contributed by atoms with Gasteiger partial charge in [-0.25, -0.2) is 0 Å². The second kappa shape index (κ2) is 7.70. The van der Waals surface area contributed by atoms with E-state index in [0.29, 0.717) is 18.8 Å². The van der Waals surface area contributed by atoms with Crippen LogP contribution in [0.1, 0.15) is 42.2 Å². The number of hydrogen-bond acceptors (Lipinski definition) is 4. The maximum atomic E-state index is 13.1. The lowest BCUT2D eigenvalue weighted by atomic mass is 9.97. The van der Waals surface area contributed by atoms with Gasteiger partial charge in [-0.3, -0.25) is 4.79 Å².